The largest absolute Gasteiger partial charge is 0.458 e. The van der Waals surface area contributed by atoms with Gasteiger partial charge in [0.05, 0.1) is 33.3 Å². The van der Waals surface area contributed by atoms with Gasteiger partial charge in [-0.15, -0.1) is 0 Å². The van der Waals surface area contributed by atoms with Gasteiger partial charge in [-0.1, -0.05) is 65.5 Å². The molecule has 0 radical (unpaired) electrons. The molecule has 290 valence electrons. The van der Waals surface area contributed by atoms with Crippen LogP contribution >= 0.6 is 0 Å². The number of hydrogen-bond donors (Lipinski definition) is 1. The minimum Gasteiger partial charge on any atom is -0.458 e. The van der Waals surface area contributed by atoms with E-state index in [1.54, 1.807) is 24.3 Å². The van der Waals surface area contributed by atoms with Gasteiger partial charge >= 0.3 is 5.97 Å². The van der Waals surface area contributed by atoms with Gasteiger partial charge in [0.25, 0.3) is 17.4 Å². The molecule has 3 aliphatic carbocycles. The van der Waals surface area contributed by atoms with Crippen LogP contribution in [0.15, 0.2) is 65.5 Å². The van der Waals surface area contributed by atoms with Crippen molar-refractivity contribution in [3.8, 4) is 0 Å². The van der Waals surface area contributed by atoms with Crippen LogP contribution in [0.3, 0.4) is 0 Å². The molecule has 0 bridgehead atoms. The minimum atomic E-state index is -1.41. The molecular formula is C47H45N3O7. The highest BCUT2D eigenvalue weighted by atomic mass is 16.5. The van der Waals surface area contributed by atoms with Gasteiger partial charge in [-0.05, 0) is 120 Å². The fourth-order valence-corrected chi connectivity index (χ4v) is 9.85. The number of nitrogens with zero attached hydrogens (tertiary/aromatic N) is 2. The Balaban J connectivity index is 1.04. The zero-order chi connectivity index (χ0) is 39.9. The first kappa shape index (κ1) is 36.8. The first-order valence-corrected chi connectivity index (χ1v) is 20.4. The number of hydrogen-bond acceptors (Lipinski definition) is 8. The number of carbonyl (C=O) groups excluding carboxylic acids is 5. The predicted octanol–water partition coefficient (Wildman–Crippen LogP) is 9.19. The van der Waals surface area contributed by atoms with Gasteiger partial charge in [0.2, 0.25) is 0 Å². The molecule has 5 aromatic rings. The number of H-pyrrole nitrogens is 1. The summed E-state index contributed by atoms with van der Waals surface area (Å²) in [4.78, 5) is 91.2. The van der Waals surface area contributed by atoms with E-state index < -0.39 is 40.8 Å². The van der Waals surface area contributed by atoms with Crippen LogP contribution in [0.5, 0.6) is 0 Å². The maximum absolute atomic E-state index is 14.2. The quantitative estimate of drug-likeness (QED) is 0.0936. The Labute approximate surface area is 330 Å². The third-order valence-electron chi connectivity index (χ3n) is 12.7. The molecule has 0 spiro atoms. The van der Waals surface area contributed by atoms with Gasteiger partial charge in [-0.2, -0.15) is 0 Å². The summed E-state index contributed by atoms with van der Waals surface area (Å²) in [5.41, 5.74) is 3.59. The maximum atomic E-state index is 14.2. The summed E-state index contributed by atoms with van der Waals surface area (Å²) in [7, 11) is 0. The van der Waals surface area contributed by atoms with E-state index in [0.717, 1.165) is 44.1 Å². The number of esters is 1. The third kappa shape index (κ3) is 6.11. The van der Waals surface area contributed by atoms with E-state index >= 15 is 0 Å². The van der Waals surface area contributed by atoms with E-state index in [1.807, 2.05) is 33.8 Å². The lowest BCUT2D eigenvalue weighted by Gasteiger charge is -2.24. The second kappa shape index (κ2) is 14.0. The Kier molecular flexibility index (Phi) is 9.05. The molecule has 4 aromatic carbocycles. The van der Waals surface area contributed by atoms with Crippen LogP contribution in [-0.2, 0) is 4.74 Å². The Bertz CT molecular complexity index is 2540. The number of ether oxygens (including phenoxy) is 1. The Hall–Kier alpha value is -5.77. The second-order valence-electron chi connectivity index (χ2n) is 17.1. The van der Waals surface area contributed by atoms with Gasteiger partial charge in [0.15, 0.2) is 11.6 Å². The molecule has 1 N–H and O–H groups in total. The monoisotopic (exact) mass is 763 g/mol. The number of aromatic amines is 1. The molecule has 2 saturated carbocycles. The van der Waals surface area contributed by atoms with Crippen molar-refractivity contribution < 1.29 is 28.7 Å². The van der Waals surface area contributed by atoms with Gasteiger partial charge in [-0.25, -0.2) is 14.7 Å². The second-order valence-corrected chi connectivity index (χ2v) is 17.1. The summed E-state index contributed by atoms with van der Waals surface area (Å²) >= 11 is 0. The van der Waals surface area contributed by atoms with Gasteiger partial charge in [-0.3, -0.25) is 24.0 Å². The number of fused-ring (bicyclic) bond motifs is 4. The molecule has 0 unspecified atom stereocenters. The van der Waals surface area contributed by atoms with Crippen molar-refractivity contribution in [1.82, 2.24) is 9.97 Å². The number of Topliss-reactive ketones (excluding diaryl/α,β-unsaturated/α-hetero) is 2. The molecule has 1 aromatic heterocycles. The lowest BCUT2D eigenvalue weighted by atomic mass is 9.89. The number of carbonyl (C=O) groups is 5. The van der Waals surface area contributed by atoms with Crippen molar-refractivity contribution in [2.45, 2.75) is 103 Å². The zero-order valence-corrected chi connectivity index (χ0v) is 32.6. The number of anilines is 1. The summed E-state index contributed by atoms with van der Waals surface area (Å²) in [5.74, 6) is -3.02. The molecule has 1 aliphatic heterocycles. The minimum absolute atomic E-state index is 0.0923. The van der Waals surface area contributed by atoms with Crippen molar-refractivity contribution in [1.29, 1.82) is 0 Å². The average Bonchev–Trinajstić information content (AvgIpc) is 4.01. The van der Waals surface area contributed by atoms with Crippen molar-refractivity contribution in [2.75, 3.05) is 4.90 Å². The molecule has 10 heteroatoms. The number of amides is 2. The summed E-state index contributed by atoms with van der Waals surface area (Å²) in [5, 5.41) is 1.27. The third-order valence-corrected chi connectivity index (χ3v) is 12.7. The summed E-state index contributed by atoms with van der Waals surface area (Å²) in [6.45, 7) is 7.91. The van der Waals surface area contributed by atoms with Crippen LogP contribution in [0.2, 0.25) is 0 Å². The van der Waals surface area contributed by atoms with E-state index in [-0.39, 0.29) is 68.4 Å². The van der Waals surface area contributed by atoms with Crippen LogP contribution in [0.1, 0.15) is 166 Å². The van der Waals surface area contributed by atoms with Crippen LogP contribution in [0.25, 0.3) is 21.7 Å². The molecule has 4 aliphatic rings. The van der Waals surface area contributed by atoms with Crippen LogP contribution in [-0.4, -0.2) is 45.4 Å². The van der Waals surface area contributed by atoms with Gasteiger partial charge in [0, 0.05) is 11.1 Å². The van der Waals surface area contributed by atoms with E-state index in [1.165, 1.54) is 41.5 Å². The standard InChI is InChI=1S/C47H45N3O7/c1-23(2)42(24(3)4)57-47(56)28-13-15-31-37(22-28)48-43(49-44(31)53)39-40(51)33-18-29-20-35-36(21-30(29)19-34(33)41(39)52)46(55)50(45(35)54)38-16-14-27(25-9-5-6-10-25)17-32(38)26-11-7-8-12-26/h13-26,39,42H,5-12H2,1-4H3,(H,48,49,53). The van der Waals surface area contributed by atoms with E-state index in [4.69, 9.17) is 4.74 Å². The summed E-state index contributed by atoms with van der Waals surface area (Å²) in [6, 6.07) is 17.2. The highest BCUT2D eigenvalue weighted by Gasteiger charge is 2.43. The average molecular weight is 764 g/mol. The normalized spacial score (nSPS) is 17.8. The van der Waals surface area contributed by atoms with Crippen LogP contribution in [0, 0.1) is 11.8 Å². The van der Waals surface area contributed by atoms with Crippen LogP contribution < -0.4 is 10.5 Å². The van der Waals surface area contributed by atoms with Gasteiger partial charge in [0.1, 0.15) is 17.8 Å². The van der Waals surface area contributed by atoms with E-state index in [0.29, 0.717) is 22.4 Å². The number of nitrogens with one attached hydrogen (secondary N) is 1. The molecule has 0 atom stereocenters. The van der Waals surface area contributed by atoms with Crippen LogP contribution in [0.4, 0.5) is 5.69 Å². The van der Waals surface area contributed by atoms with E-state index in [9.17, 15) is 28.8 Å². The van der Waals surface area contributed by atoms with Crippen molar-refractivity contribution in [3.05, 3.63) is 116 Å². The Morgan fingerprint density at radius 1 is 0.702 bits per heavy atom. The highest BCUT2D eigenvalue weighted by molar-refractivity contribution is 6.36. The first-order valence-electron chi connectivity index (χ1n) is 20.4. The fourth-order valence-electron chi connectivity index (χ4n) is 9.85. The number of benzene rings is 4. The smallest absolute Gasteiger partial charge is 0.338 e. The summed E-state index contributed by atoms with van der Waals surface area (Å²) < 4.78 is 5.80. The predicted molar refractivity (Wildman–Crippen MR) is 217 cm³/mol. The number of aromatic nitrogens is 2. The molecule has 2 heterocycles. The number of imide groups is 1. The molecule has 2 amide bonds. The van der Waals surface area contributed by atoms with Crippen molar-refractivity contribution in [3.63, 3.8) is 0 Å². The molecule has 57 heavy (non-hydrogen) atoms. The first-order chi connectivity index (χ1) is 27.4. The molecule has 9 rings (SSSR count). The Morgan fingerprint density at radius 2 is 1.26 bits per heavy atom. The molecular weight excluding hydrogens is 719 g/mol. The molecule has 0 saturated heterocycles. The number of rotatable bonds is 8. The SMILES string of the molecule is CC(C)C(OC(=O)c1ccc2c(=O)[nH]c(C3C(=O)c4cc5cc6c(cc5cc4C3=O)C(=O)N(c3ccc(C4CCCC4)cc3C3CCCC3)C6=O)nc2c1)C(C)C. The lowest BCUT2D eigenvalue weighted by Crippen LogP contribution is -2.30. The van der Waals surface area contributed by atoms with Gasteiger partial charge < -0.3 is 9.72 Å². The molecule has 2 fully saturated rings. The number of ketones is 2. The van der Waals surface area contributed by atoms with Crippen molar-refractivity contribution in [2.24, 2.45) is 11.8 Å². The van der Waals surface area contributed by atoms with Crippen molar-refractivity contribution >= 4 is 56.7 Å². The maximum Gasteiger partial charge on any atom is 0.338 e. The van der Waals surface area contributed by atoms with E-state index in [2.05, 4.69) is 22.1 Å². The summed E-state index contributed by atoms with van der Waals surface area (Å²) in [6.07, 6.45) is 8.73. The topological polar surface area (TPSA) is 144 Å². The highest BCUT2D eigenvalue weighted by Crippen LogP contribution is 2.45. The fraction of sp³-hybridized carbons (Fsp3) is 0.383. The zero-order valence-electron chi connectivity index (χ0n) is 32.6. The lowest BCUT2D eigenvalue weighted by molar-refractivity contribution is 0.00323. The molecule has 10 nitrogen and oxygen atoms in total. The Morgan fingerprint density at radius 3 is 1.84 bits per heavy atom.